The molecular weight excluding hydrogens is 318 g/mol. The normalized spacial score (nSPS) is 20.9. The standard InChI is InChI=1S/C20H29NO4/c1-4-20(5-2,19(23)24)13-21-18(22)16-7-6-12-25-17(16)15-10-8-14(3)9-11-15/h8-11,16-17H,4-7,12-13H2,1-3H3,(H,21,22)(H,23,24). The van der Waals surface area contributed by atoms with E-state index in [1.165, 1.54) is 0 Å². The molecule has 1 aromatic rings. The van der Waals surface area contributed by atoms with Gasteiger partial charge in [-0.15, -0.1) is 0 Å². The predicted octanol–water partition coefficient (Wildman–Crippen LogP) is 3.47. The van der Waals surface area contributed by atoms with Crippen molar-refractivity contribution in [1.29, 1.82) is 0 Å². The molecule has 0 bridgehead atoms. The van der Waals surface area contributed by atoms with Gasteiger partial charge in [0, 0.05) is 13.2 Å². The van der Waals surface area contributed by atoms with Crippen molar-refractivity contribution in [3.63, 3.8) is 0 Å². The van der Waals surface area contributed by atoms with Crippen molar-refractivity contribution in [1.82, 2.24) is 5.32 Å². The number of benzene rings is 1. The molecule has 1 saturated heterocycles. The molecule has 2 N–H and O–H groups in total. The van der Waals surface area contributed by atoms with E-state index in [-0.39, 0.29) is 24.5 Å². The number of carboxylic acid groups (broad SMARTS) is 1. The molecule has 1 aliphatic rings. The van der Waals surface area contributed by atoms with Gasteiger partial charge in [0.05, 0.1) is 17.4 Å². The molecule has 0 aromatic heterocycles. The molecule has 138 valence electrons. The molecule has 2 rings (SSSR count). The number of aliphatic carboxylic acids is 1. The SMILES string of the molecule is CCC(CC)(CNC(=O)C1CCCOC1c1ccc(C)cc1)C(=O)O. The van der Waals surface area contributed by atoms with Crippen LogP contribution in [-0.2, 0) is 14.3 Å². The smallest absolute Gasteiger partial charge is 0.311 e. The lowest BCUT2D eigenvalue weighted by molar-refractivity contribution is -0.149. The van der Waals surface area contributed by atoms with E-state index in [1.54, 1.807) is 0 Å². The molecule has 1 amide bonds. The number of amides is 1. The number of aryl methyl sites for hydroxylation is 1. The average Bonchev–Trinajstić information content (AvgIpc) is 2.63. The molecule has 1 aliphatic heterocycles. The van der Waals surface area contributed by atoms with Crippen LogP contribution < -0.4 is 5.32 Å². The van der Waals surface area contributed by atoms with Gasteiger partial charge in [0.2, 0.25) is 5.91 Å². The van der Waals surface area contributed by atoms with E-state index in [0.717, 1.165) is 24.0 Å². The van der Waals surface area contributed by atoms with Gasteiger partial charge in [0.1, 0.15) is 0 Å². The van der Waals surface area contributed by atoms with E-state index in [9.17, 15) is 14.7 Å². The van der Waals surface area contributed by atoms with Crippen molar-refractivity contribution < 1.29 is 19.4 Å². The van der Waals surface area contributed by atoms with E-state index in [1.807, 2.05) is 45.0 Å². The monoisotopic (exact) mass is 347 g/mol. The highest BCUT2D eigenvalue weighted by atomic mass is 16.5. The summed E-state index contributed by atoms with van der Waals surface area (Å²) in [5, 5.41) is 12.4. The Bertz CT molecular complexity index is 592. The third-order valence-electron chi connectivity index (χ3n) is 5.47. The third kappa shape index (κ3) is 4.40. The van der Waals surface area contributed by atoms with Gasteiger partial charge in [-0.25, -0.2) is 0 Å². The van der Waals surface area contributed by atoms with E-state index >= 15 is 0 Å². The summed E-state index contributed by atoms with van der Waals surface area (Å²) in [6, 6.07) is 8.05. The van der Waals surface area contributed by atoms with Crippen molar-refractivity contribution >= 4 is 11.9 Å². The third-order valence-corrected chi connectivity index (χ3v) is 5.47. The molecule has 5 heteroatoms. The second-order valence-corrected chi connectivity index (χ2v) is 6.96. The molecule has 5 nitrogen and oxygen atoms in total. The zero-order chi connectivity index (χ0) is 18.4. The number of hydrogen-bond acceptors (Lipinski definition) is 3. The van der Waals surface area contributed by atoms with Crippen LogP contribution in [-0.4, -0.2) is 30.1 Å². The minimum atomic E-state index is -0.898. The van der Waals surface area contributed by atoms with Crippen LogP contribution in [0.15, 0.2) is 24.3 Å². The van der Waals surface area contributed by atoms with Crippen LogP contribution >= 0.6 is 0 Å². The molecule has 0 spiro atoms. The Hall–Kier alpha value is -1.88. The van der Waals surface area contributed by atoms with Crippen LogP contribution in [0.3, 0.4) is 0 Å². The van der Waals surface area contributed by atoms with E-state index in [4.69, 9.17) is 4.74 Å². The summed E-state index contributed by atoms with van der Waals surface area (Å²) in [4.78, 5) is 24.4. The summed E-state index contributed by atoms with van der Waals surface area (Å²) in [6.07, 6.45) is 2.30. The largest absolute Gasteiger partial charge is 0.481 e. The molecule has 1 fully saturated rings. The van der Waals surface area contributed by atoms with Crippen LogP contribution in [0.2, 0.25) is 0 Å². The van der Waals surface area contributed by atoms with Gasteiger partial charge in [-0.1, -0.05) is 43.7 Å². The summed E-state index contributed by atoms with van der Waals surface area (Å²) in [6.45, 7) is 6.53. The molecule has 0 aliphatic carbocycles. The van der Waals surface area contributed by atoms with Gasteiger partial charge in [-0.3, -0.25) is 9.59 Å². The van der Waals surface area contributed by atoms with Gasteiger partial charge < -0.3 is 15.2 Å². The maximum atomic E-state index is 12.8. The number of ether oxygens (including phenoxy) is 1. The van der Waals surface area contributed by atoms with Gasteiger partial charge >= 0.3 is 5.97 Å². The Morgan fingerprint density at radius 2 is 1.88 bits per heavy atom. The van der Waals surface area contributed by atoms with E-state index in [2.05, 4.69) is 5.32 Å². The predicted molar refractivity (Wildman–Crippen MR) is 96.3 cm³/mol. The molecule has 0 radical (unpaired) electrons. The van der Waals surface area contributed by atoms with Gasteiger partial charge in [-0.2, -0.15) is 0 Å². The maximum Gasteiger partial charge on any atom is 0.311 e. The topological polar surface area (TPSA) is 75.6 Å². The lowest BCUT2D eigenvalue weighted by Crippen LogP contribution is -2.45. The summed E-state index contributed by atoms with van der Waals surface area (Å²) < 4.78 is 5.89. The second kappa shape index (κ2) is 8.48. The molecule has 2 unspecified atom stereocenters. The quantitative estimate of drug-likeness (QED) is 0.792. The highest BCUT2D eigenvalue weighted by Crippen LogP contribution is 2.34. The number of carboxylic acids is 1. The Balaban J connectivity index is 2.10. The molecule has 1 heterocycles. The summed E-state index contributed by atoms with van der Waals surface area (Å²) in [7, 11) is 0. The van der Waals surface area contributed by atoms with Crippen molar-refractivity contribution in [2.24, 2.45) is 11.3 Å². The molecule has 0 saturated carbocycles. The number of rotatable bonds is 7. The first-order valence-corrected chi connectivity index (χ1v) is 9.12. The highest BCUT2D eigenvalue weighted by Gasteiger charge is 2.38. The number of carbonyl (C=O) groups is 2. The first kappa shape index (κ1) is 19.4. The Labute approximate surface area is 149 Å². The van der Waals surface area contributed by atoms with Crippen LogP contribution in [0.1, 0.15) is 56.8 Å². The van der Waals surface area contributed by atoms with E-state index < -0.39 is 11.4 Å². The molecule has 2 atom stereocenters. The van der Waals surface area contributed by atoms with Gasteiger partial charge in [0.15, 0.2) is 0 Å². The van der Waals surface area contributed by atoms with E-state index in [0.29, 0.717) is 19.4 Å². The lowest BCUT2D eigenvalue weighted by atomic mass is 9.82. The Morgan fingerprint density at radius 3 is 2.44 bits per heavy atom. The van der Waals surface area contributed by atoms with Crippen LogP contribution in [0.25, 0.3) is 0 Å². The summed E-state index contributed by atoms with van der Waals surface area (Å²) in [5.41, 5.74) is 1.27. The zero-order valence-electron chi connectivity index (χ0n) is 15.4. The van der Waals surface area contributed by atoms with Crippen LogP contribution in [0, 0.1) is 18.3 Å². The minimum Gasteiger partial charge on any atom is -0.481 e. The number of hydrogen-bond donors (Lipinski definition) is 2. The van der Waals surface area contributed by atoms with Crippen LogP contribution in [0.4, 0.5) is 0 Å². The van der Waals surface area contributed by atoms with Crippen molar-refractivity contribution in [3.8, 4) is 0 Å². The molecule has 1 aromatic carbocycles. The average molecular weight is 347 g/mol. The van der Waals surface area contributed by atoms with Crippen molar-refractivity contribution in [2.75, 3.05) is 13.2 Å². The first-order chi connectivity index (χ1) is 11.9. The highest BCUT2D eigenvalue weighted by molar-refractivity contribution is 5.81. The fraction of sp³-hybridized carbons (Fsp3) is 0.600. The van der Waals surface area contributed by atoms with Crippen molar-refractivity contribution in [3.05, 3.63) is 35.4 Å². The van der Waals surface area contributed by atoms with Gasteiger partial charge in [0.25, 0.3) is 0 Å². The Kier molecular flexibility index (Phi) is 6.59. The van der Waals surface area contributed by atoms with Crippen molar-refractivity contribution in [2.45, 2.75) is 52.6 Å². The summed E-state index contributed by atoms with van der Waals surface area (Å²) >= 11 is 0. The fourth-order valence-electron chi connectivity index (χ4n) is 3.40. The lowest BCUT2D eigenvalue weighted by Gasteiger charge is -2.33. The number of nitrogens with one attached hydrogen (secondary N) is 1. The second-order valence-electron chi connectivity index (χ2n) is 6.96. The summed E-state index contributed by atoms with van der Waals surface area (Å²) in [5.74, 6) is -1.25. The van der Waals surface area contributed by atoms with Crippen LogP contribution in [0.5, 0.6) is 0 Å². The number of carbonyl (C=O) groups excluding carboxylic acids is 1. The zero-order valence-corrected chi connectivity index (χ0v) is 15.4. The minimum absolute atomic E-state index is 0.113. The maximum absolute atomic E-state index is 12.8. The molecule has 25 heavy (non-hydrogen) atoms. The van der Waals surface area contributed by atoms with Gasteiger partial charge in [-0.05, 0) is 38.2 Å². The first-order valence-electron chi connectivity index (χ1n) is 9.12. The molecular formula is C20H29NO4. The fourth-order valence-corrected chi connectivity index (χ4v) is 3.40. The Morgan fingerprint density at radius 1 is 1.24 bits per heavy atom.